The van der Waals surface area contributed by atoms with Gasteiger partial charge in [-0.15, -0.1) is 0 Å². The Morgan fingerprint density at radius 3 is 2.41 bits per heavy atom. The van der Waals surface area contributed by atoms with Crippen LogP contribution in [0, 0.1) is 5.92 Å². The minimum atomic E-state index is -0.400. The topological polar surface area (TPSA) is 60.4 Å². The van der Waals surface area contributed by atoms with Gasteiger partial charge in [0.05, 0.1) is 27.4 Å². The summed E-state index contributed by atoms with van der Waals surface area (Å²) in [4.78, 5) is 2.34. The van der Waals surface area contributed by atoms with Crippen molar-refractivity contribution in [1.29, 1.82) is 0 Å². The first-order chi connectivity index (χ1) is 15.6. The summed E-state index contributed by atoms with van der Waals surface area (Å²) in [5.74, 6) is 3.38. The highest BCUT2D eigenvalue weighted by Crippen LogP contribution is 2.38. The van der Waals surface area contributed by atoms with Gasteiger partial charge in [-0.25, -0.2) is 0 Å². The summed E-state index contributed by atoms with van der Waals surface area (Å²) in [6.45, 7) is 2.86. The molecule has 1 aliphatic carbocycles. The van der Waals surface area contributed by atoms with Gasteiger partial charge in [0.25, 0.3) is 0 Å². The Kier molecular flexibility index (Phi) is 7.43. The maximum absolute atomic E-state index is 11.0. The van der Waals surface area contributed by atoms with Crippen molar-refractivity contribution >= 4 is 0 Å². The smallest absolute Gasteiger partial charge is 0.164 e. The van der Waals surface area contributed by atoms with Crippen LogP contribution in [-0.2, 0) is 13.1 Å². The van der Waals surface area contributed by atoms with Crippen LogP contribution in [0.3, 0.4) is 0 Å². The van der Waals surface area contributed by atoms with Crippen LogP contribution in [0.2, 0.25) is 0 Å². The lowest BCUT2D eigenvalue weighted by molar-refractivity contribution is 0.0847. The average Bonchev–Trinajstić information content (AvgIpc) is 3.04. The highest BCUT2D eigenvalue weighted by atomic mass is 16.5. The number of fused-ring (bicyclic) bond motifs is 1. The van der Waals surface area contributed by atoms with E-state index >= 15 is 0 Å². The van der Waals surface area contributed by atoms with Crippen LogP contribution in [-0.4, -0.2) is 44.5 Å². The molecular formula is C26H35NO5. The van der Waals surface area contributed by atoms with E-state index in [1.165, 1.54) is 19.3 Å². The molecule has 2 aromatic carbocycles. The molecule has 0 amide bonds. The Labute approximate surface area is 191 Å². The minimum Gasteiger partial charge on any atom is -0.496 e. The highest BCUT2D eigenvalue weighted by molar-refractivity contribution is 5.50. The van der Waals surface area contributed by atoms with Crippen LogP contribution < -0.4 is 18.9 Å². The maximum atomic E-state index is 11.0. The zero-order valence-electron chi connectivity index (χ0n) is 19.4. The molecule has 2 aliphatic rings. The van der Waals surface area contributed by atoms with Gasteiger partial charge in [0, 0.05) is 36.8 Å². The molecule has 0 aromatic heterocycles. The predicted octanol–water partition coefficient (Wildman–Crippen LogP) is 4.72. The van der Waals surface area contributed by atoms with Crippen LogP contribution >= 0.6 is 0 Å². The van der Waals surface area contributed by atoms with E-state index in [4.69, 9.17) is 18.9 Å². The summed E-state index contributed by atoms with van der Waals surface area (Å²) in [7, 11) is 4.94. The van der Waals surface area contributed by atoms with Gasteiger partial charge in [-0.2, -0.15) is 0 Å². The number of methoxy groups -OCH3 is 3. The van der Waals surface area contributed by atoms with Gasteiger partial charge >= 0.3 is 0 Å². The molecule has 1 atom stereocenters. The number of hydrogen-bond acceptors (Lipinski definition) is 6. The molecule has 1 N–H and O–H groups in total. The van der Waals surface area contributed by atoms with Gasteiger partial charge in [0.15, 0.2) is 11.5 Å². The molecule has 1 heterocycles. The van der Waals surface area contributed by atoms with Crippen molar-refractivity contribution in [1.82, 2.24) is 4.90 Å². The van der Waals surface area contributed by atoms with Gasteiger partial charge in [-0.1, -0.05) is 25.3 Å². The van der Waals surface area contributed by atoms with Crippen molar-refractivity contribution in [3.8, 4) is 23.0 Å². The van der Waals surface area contributed by atoms with Gasteiger partial charge in [-0.3, -0.25) is 4.90 Å². The third kappa shape index (κ3) is 4.97. The first-order valence-corrected chi connectivity index (χ1v) is 11.6. The van der Waals surface area contributed by atoms with Crippen molar-refractivity contribution in [2.75, 3.05) is 34.5 Å². The van der Waals surface area contributed by atoms with E-state index in [1.54, 1.807) is 21.3 Å². The van der Waals surface area contributed by atoms with E-state index in [0.29, 0.717) is 30.6 Å². The van der Waals surface area contributed by atoms with Crippen LogP contribution in [0.5, 0.6) is 23.0 Å². The van der Waals surface area contributed by atoms with Gasteiger partial charge < -0.3 is 24.1 Å². The molecule has 6 heteroatoms. The molecule has 1 fully saturated rings. The summed E-state index contributed by atoms with van der Waals surface area (Å²) < 4.78 is 22.6. The second-order valence-corrected chi connectivity index (χ2v) is 8.79. The first-order valence-electron chi connectivity index (χ1n) is 11.6. The van der Waals surface area contributed by atoms with Gasteiger partial charge in [-0.05, 0) is 42.5 Å². The monoisotopic (exact) mass is 441 g/mol. The molecule has 6 nitrogen and oxygen atoms in total. The lowest BCUT2D eigenvalue weighted by Crippen LogP contribution is -2.25. The molecule has 2 aromatic rings. The molecule has 0 saturated heterocycles. The Balaban J connectivity index is 1.54. The fraction of sp³-hybridized carbons (Fsp3) is 0.538. The molecular weight excluding hydrogens is 406 g/mol. The molecule has 1 unspecified atom stereocenters. The fourth-order valence-electron chi connectivity index (χ4n) is 4.97. The Morgan fingerprint density at radius 1 is 0.969 bits per heavy atom. The van der Waals surface area contributed by atoms with Crippen molar-refractivity contribution in [3.05, 3.63) is 47.0 Å². The Bertz CT molecular complexity index is 909. The highest BCUT2D eigenvalue weighted by Gasteiger charge is 2.25. The lowest BCUT2D eigenvalue weighted by atomic mass is 9.82. The van der Waals surface area contributed by atoms with E-state index in [1.807, 2.05) is 24.3 Å². The third-order valence-electron chi connectivity index (χ3n) is 6.76. The summed E-state index contributed by atoms with van der Waals surface area (Å²) in [5, 5.41) is 11.0. The zero-order chi connectivity index (χ0) is 22.5. The van der Waals surface area contributed by atoms with Crippen molar-refractivity contribution in [2.45, 2.75) is 51.3 Å². The normalized spacial score (nSPS) is 18.2. The lowest BCUT2D eigenvalue weighted by Gasteiger charge is -2.27. The van der Waals surface area contributed by atoms with Crippen LogP contribution in [0.1, 0.15) is 54.9 Å². The van der Waals surface area contributed by atoms with Gasteiger partial charge in [0.1, 0.15) is 18.1 Å². The third-order valence-corrected chi connectivity index (χ3v) is 6.76. The number of rotatable bonds is 7. The van der Waals surface area contributed by atoms with E-state index in [-0.39, 0.29) is 0 Å². The second-order valence-electron chi connectivity index (χ2n) is 8.79. The molecule has 174 valence electrons. The SMILES string of the molecule is COc1cc(OC)c(OC)cc1CN1CCOc2ccc(C(O)C3CCCCC3)cc2C1. The van der Waals surface area contributed by atoms with E-state index < -0.39 is 6.10 Å². The molecule has 1 aliphatic heterocycles. The fourth-order valence-corrected chi connectivity index (χ4v) is 4.97. The number of nitrogens with zero attached hydrogens (tertiary/aromatic N) is 1. The molecule has 0 spiro atoms. The van der Waals surface area contributed by atoms with E-state index in [9.17, 15) is 5.11 Å². The molecule has 1 saturated carbocycles. The van der Waals surface area contributed by atoms with Crippen molar-refractivity contribution < 1.29 is 24.1 Å². The first kappa shape index (κ1) is 22.7. The molecule has 32 heavy (non-hydrogen) atoms. The van der Waals surface area contributed by atoms with Crippen molar-refractivity contribution in [3.63, 3.8) is 0 Å². The summed E-state index contributed by atoms with van der Waals surface area (Å²) in [5.41, 5.74) is 3.16. The van der Waals surface area contributed by atoms with Crippen LogP contribution in [0.15, 0.2) is 30.3 Å². The van der Waals surface area contributed by atoms with Crippen LogP contribution in [0.4, 0.5) is 0 Å². The molecule has 0 bridgehead atoms. The van der Waals surface area contributed by atoms with Gasteiger partial charge in [0.2, 0.25) is 0 Å². The summed E-state index contributed by atoms with van der Waals surface area (Å²) >= 11 is 0. The minimum absolute atomic E-state index is 0.362. The zero-order valence-corrected chi connectivity index (χ0v) is 19.4. The molecule has 0 radical (unpaired) electrons. The maximum Gasteiger partial charge on any atom is 0.164 e. The number of ether oxygens (including phenoxy) is 4. The van der Waals surface area contributed by atoms with Crippen molar-refractivity contribution in [2.24, 2.45) is 5.92 Å². The van der Waals surface area contributed by atoms with E-state index in [2.05, 4.69) is 11.0 Å². The number of aliphatic hydroxyl groups excluding tert-OH is 1. The Morgan fingerprint density at radius 2 is 1.69 bits per heavy atom. The number of hydrogen-bond donors (Lipinski definition) is 1. The van der Waals surface area contributed by atoms with E-state index in [0.717, 1.165) is 54.1 Å². The summed E-state index contributed by atoms with van der Waals surface area (Å²) in [6, 6.07) is 10.0. The number of aliphatic hydroxyl groups is 1. The second kappa shape index (κ2) is 10.5. The summed E-state index contributed by atoms with van der Waals surface area (Å²) in [6.07, 6.45) is 5.55. The molecule has 4 rings (SSSR count). The standard InChI is InChI=1S/C26H35NO5/c1-29-23-15-25(31-3)24(30-2)14-21(23)17-27-11-12-32-22-10-9-19(13-20(22)16-27)26(28)18-7-5-4-6-8-18/h9-10,13-15,18,26,28H,4-8,11-12,16-17H2,1-3H3. The largest absolute Gasteiger partial charge is 0.496 e. The quantitative estimate of drug-likeness (QED) is 0.671. The Hall–Kier alpha value is -2.44. The average molecular weight is 442 g/mol. The van der Waals surface area contributed by atoms with Crippen LogP contribution in [0.25, 0.3) is 0 Å². The number of benzene rings is 2. The predicted molar refractivity (Wildman–Crippen MR) is 124 cm³/mol.